The third kappa shape index (κ3) is 5.19. The fourth-order valence-electron chi connectivity index (χ4n) is 2.01. The van der Waals surface area contributed by atoms with Gasteiger partial charge in [0.25, 0.3) is 5.91 Å². The van der Waals surface area contributed by atoms with Crippen LogP contribution in [0.1, 0.15) is 30.6 Å². The highest BCUT2D eigenvalue weighted by Crippen LogP contribution is 2.16. The Hall–Kier alpha value is -1.81. The van der Waals surface area contributed by atoms with Crippen molar-refractivity contribution in [1.82, 2.24) is 0 Å². The van der Waals surface area contributed by atoms with E-state index in [2.05, 4.69) is 40.4 Å². The number of carbonyl (C=O) groups is 1. The summed E-state index contributed by atoms with van der Waals surface area (Å²) in [5.74, 6) is 0.582. The summed E-state index contributed by atoms with van der Waals surface area (Å²) in [6.45, 7) is 5.38. The zero-order valence-corrected chi connectivity index (χ0v) is 14.5. The lowest BCUT2D eigenvalue weighted by Crippen LogP contribution is -2.11. The molecule has 2 rings (SSSR count). The number of nitrogens with one attached hydrogen (secondary N) is 2. The average molecular weight is 361 g/mol. The van der Waals surface area contributed by atoms with E-state index in [1.807, 2.05) is 36.4 Å². The zero-order chi connectivity index (χ0) is 15.9. The van der Waals surface area contributed by atoms with Crippen LogP contribution in [0, 0.1) is 5.92 Å². The van der Waals surface area contributed by atoms with Gasteiger partial charge >= 0.3 is 0 Å². The Bertz CT molecular complexity index is 623. The largest absolute Gasteiger partial charge is 0.385 e. The second-order valence-electron chi connectivity index (χ2n) is 5.65. The van der Waals surface area contributed by atoms with Gasteiger partial charge in [0.15, 0.2) is 0 Å². The molecule has 1 amide bonds. The quantitative estimate of drug-likeness (QED) is 0.746. The Balaban J connectivity index is 1.92. The van der Waals surface area contributed by atoms with Crippen LogP contribution in [0.2, 0.25) is 0 Å². The molecule has 2 aromatic rings. The van der Waals surface area contributed by atoms with Crippen LogP contribution in [0.3, 0.4) is 0 Å². The van der Waals surface area contributed by atoms with Gasteiger partial charge in [0, 0.05) is 28.0 Å². The number of benzene rings is 2. The van der Waals surface area contributed by atoms with Gasteiger partial charge in [0.1, 0.15) is 0 Å². The Labute approximate surface area is 140 Å². The van der Waals surface area contributed by atoms with Gasteiger partial charge in [-0.3, -0.25) is 4.79 Å². The first-order chi connectivity index (χ1) is 10.5. The van der Waals surface area contributed by atoms with E-state index in [9.17, 15) is 4.79 Å². The summed E-state index contributed by atoms with van der Waals surface area (Å²) in [6.07, 6.45) is 1.14. The summed E-state index contributed by atoms with van der Waals surface area (Å²) in [6, 6.07) is 15.1. The van der Waals surface area contributed by atoms with E-state index in [1.54, 1.807) is 12.1 Å². The molecular weight excluding hydrogens is 340 g/mol. The van der Waals surface area contributed by atoms with Gasteiger partial charge in [0.2, 0.25) is 0 Å². The standard InChI is InChI=1S/C18H21BrN2O/c1-13(2)10-11-20-16-6-8-17(9-7-16)21-18(22)14-4-3-5-15(19)12-14/h3-9,12-13,20H,10-11H2,1-2H3,(H,21,22). The van der Waals surface area contributed by atoms with Gasteiger partial charge < -0.3 is 10.6 Å². The Morgan fingerprint density at radius 3 is 2.41 bits per heavy atom. The molecule has 4 heteroatoms. The van der Waals surface area contributed by atoms with Crippen molar-refractivity contribution in [2.75, 3.05) is 17.2 Å². The SMILES string of the molecule is CC(C)CCNc1ccc(NC(=O)c2cccc(Br)c2)cc1. The van der Waals surface area contributed by atoms with Gasteiger partial charge in [-0.05, 0) is 54.8 Å². The number of rotatable bonds is 6. The highest BCUT2D eigenvalue weighted by atomic mass is 79.9. The van der Waals surface area contributed by atoms with E-state index < -0.39 is 0 Å². The molecule has 0 aliphatic heterocycles. The first-order valence-electron chi connectivity index (χ1n) is 7.45. The topological polar surface area (TPSA) is 41.1 Å². The molecule has 0 bridgehead atoms. The summed E-state index contributed by atoms with van der Waals surface area (Å²) in [4.78, 5) is 12.2. The van der Waals surface area contributed by atoms with Crippen molar-refractivity contribution in [3.05, 3.63) is 58.6 Å². The summed E-state index contributed by atoms with van der Waals surface area (Å²) >= 11 is 3.37. The minimum absolute atomic E-state index is 0.109. The highest BCUT2D eigenvalue weighted by molar-refractivity contribution is 9.10. The minimum Gasteiger partial charge on any atom is -0.385 e. The maximum Gasteiger partial charge on any atom is 0.255 e. The second-order valence-corrected chi connectivity index (χ2v) is 6.57. The van der Waals surface area contributed by atoms with Crippen LogP contribution in [-0.4, -0.2) is 12.5 Å². The number of anilines is 2. The van der Waals surface area contributed by atoms with Gasteiger partial charge in [-0.1, -0.05) is 35.8 Å². The average Bonchev–Trinajstić information content (AvgIpc) is 2.48. The molecule has 116 valence electrons. The van der Waals surface area contributed by atoms with Crippen molar-refractivity contribution in [3.8, 4) is 0 Å². The van der Waals surface area contributed by atoms with Crippen molar-refractivity contribution < 1.29 is 4.79 Å². The number of amides is 1. The fourth-order valence-corrected chi connectivity index (χ4v) is 2.41. The minimum atomic E-state index is -0.109. The molecule has 3 nitrogen and oxygen atoms in total. The van der Waals surface area contributed by atoms with Gasteiger partial charge in [-0.25, -0.2) is 0 Å². The van der Waals surface area contributed by atoms with Crippen molar-refractivity contribution in [1.29, 1.82) is 0 Å². The Kier molecular flexibility index (Phi) is 6.01. The highest BCUT2D eigenvalue weighted by Gasteiger charge is 2.06. The molecule has 0 heterocycles. The normalized spacial score (nSPS) is 10.5. The van der Waals surface area contributed by atoms with Crippen LogP contribution in [-0.2, 0) is 0 Å². The number of carbonyl (C=O) groups excluding carboxylic acids is 1. The molecule has 0 radical (unpaired) electrons. The molecule has 0 spiro atoms. The summed E-state index contributed by atoms with van der Waals surface area (Å²) in [5, 5.41) is 6.28. The number of halogens is 1. The summed E-state index contributed by atoms with van der Waals surface area (Å²) in [7, 11) is 0. The van der Waals surface area contributed by atoms with Crippen LogP contribution in [0.25, 0.3) is 0 Å². The third-order valence-electron chi connectivity index (χ3n) is 3.28. The summed E-state index contributed by atoms with van der Waals surface area (Å²) < 4.78 is 0.893. The van der Waals surface area contributed by atoms with E-state index >= 15 is 0 Å². The lowest BCUT2D eigenvalue weighted by molar-refractivity contribution is 0.102. The predicted octanol–water partition coefficient (Wildman–Crippen LogP) is 5.16. The Morgan fingerprint density at radius 1 is 1.09 bits per heavy atom. The van der Waals surface area contributed by atoms with Crippen LogP contribution in [0.15, 0.2) is 53.0 Å². The lowest BCUT2D eigenvalue weighted by atomic mass is 10.1. The zero-order valence-electron chi connectivity index (χ0n) is 12.9. The molecule has 0 unspecified atom stereocenters. The smallest absolute Gasteiger partial charge is 0.255 e. The van der Waals surface area contributed by atoms with Gasteiger partial charge in [-0.2, -0.15) is 0 Å². The van der Waals surface area contributed by atoms with E-state index in [0.717, 1.165) is 28.8 Å². The van der Waals surface area contributed by atoms with Crippen LogP contribution in [0.4, 0.5) is 11.4 Å². The molecule has 0 aromatic heterocycles. The maximum absolute atomic E-state index is 12.2. The van der Waals surface area contributed by atoms with Crippen molar-refractivity contribution >= 4 is 33.2 Å². The molecule has 2 aromatic carbocycles. The Morgan fingerprint density at radius 2 is 1.77 bits per heavy atom. The molecule has 0 aliphatic rings. The molecular formula is C18H21BrN2O. The van der Waals surface area contributed by atoms with E-state index in [1.165, 1.54) is 0 Å². The van der Waals surface area contributed by atoms with Crippen molar-refractivity contribution in [2.24, 2.45) is 5.92 Å². The first kappa shape index (κ1) is 16.6. The monoisotopic (exact) mass is 360 g/mol. The molecule has 0 fully saturated rings. The third-order valence-corrected chi connectivity index (χ3v) is 3.77. The molecule has 22 heavy (non-hydrogen) atoms. The molecule has 0 saturated heterocycles. The van der Waals surface area contributed by atoms with Gasteiger partial charge in [-0.15, -0.1) is 0 Å². The molecule has 0 aliphatic carbocycles. The maximum atomic E-state index is 12.2. The second kappa shape index (κ2) is 7.99. The van der Waals surface area contributed by atoms with Crippen LogP contribution < -0.4 is 10.6 Å². The molecule has 0 atom stereocenters. The molecule has 0 saturated carbocycles. The van der Waals surface area contributed by atoms with E-state index in [-0.39, 0.29) is 5.91 Å². The fraction of sp³-hybridized carbons (Fsp3) is 0.278. The van der Waals surface area contributed by atoms with E-state index in [0.29, 0.717) is 11.5 Å². The van der Waals surface area contributed by atoms with Crippen molar-refractivity contribution in [2.45, 2.75) is 20.3 Å². The first-order valence-corrected chi connectivity index (χ1v) is 8.25. The van der Waals surface area contributed by atoms with Crippen molar-refractivity contribution in [3.63, 3.8) is 0 Å². The summed E-state index contributed by atoms with van der Waals surface area (Å²) in [5.41, 5.74) is 2.49. The van der Waals surface area contributed by atoms with E-state index in [4.69, 9.17) is 0 Å². The van der Waals surface area contributed by atoms with Crippen LogP contribution in [0.5, 0.6) is 0 Å². The predicted molar refractivity (Wildman–Crippen MR) is 96.5 cm³/mol. The molecule has 2 N–H and O–H groups in total. The number of hydrogen-bond donors (Lipinski definition) is 2. The number of hydrogen-bond acceptors (Lipinski definition) is 2. The van der Waals surface area contributed by atoms with Crippen LogP contribution >= 0.6 is 15.9 Å². The van der Waals surface area contributed by atoms with Gasteiger partial charge in [0.05, 0.1) is 0 Å². The lowest BCUT2D eigenvalue weighted by Gasteiger charge is -2.10.